The second-order valence-electron chi connectivity index (χ2n) is 4.93. The average Bonchev–Trinajstić information content (AvgIpc) is 2.39. The third-order valence-electron chi connectivity index (χ3n) is 2.98. The van der Waals surface area contributed by atoms with Crippen molar-refractivity contribution >= 4 is 5.91 Å². The number of aryl methyl sites for hydroxylation is 1. The Hall–Kier alpha value is -2.23. The fourth-order valence-electron chi connectivity index (χ4n) is 1.87. The Morgan fingerprint density at radius 1 is 1.11 bits per heavy atom. The fraction of sp³-hybridized carbons (Fsp3) is 0.267. The summed E-state index contributed by atoms with van der Waals surface area (Å²) >= 11 is 0. The number of nitrogens with zero attached hydrogens (tertiary/aromatic N) is 2. The number of rotatable bonds is 3. The van der Waals surface area contributed by atoms with Gasteiger partial charge in [-0.3, -0.25) is 14.8 Å². The zero-order valence-electron chi connectivity index (χ0n) is 11.3. The van der Waals surface area contributed by atoms with E-state index < -0.39 is 5.54 Å². The van der Waals surface area contributed by atoms with E-state index in [0.717, 1.165) is 11.4 Å². The summed E-state index contributed by atoms with van der Waals surface area (Å²) in [6.07, 6.45) is 3.40. The molecule has 0 saturated carbocycles. The Labute approximate surface area is 112 Å². The summed E-state index contributed by atoms with van der Waals surface area (Å²) in [7, 11) is 0. The molecule has 4 heteroatoms. The topological polar surface area (TPSA) is 54.9 Å². The van der Waals surface area contributed by atoms with Crippen LogP contribution in [0.25, 0.3) is 0 Å². The number of carbonyl (C=O) groups excluding carboxylic acids is 1. The van der Waals surface area contributed by atoms with Gasteiger partial charge in [0.2, 0.25) is 0 Å². The minimum Gasteiger partial charge on any atom is -0.341 e. The molecule has 2 rings (SSSR count). The first kappa shape index (κ1) is 13.2. The lowest BCUT2D eigenvalue weighted by atomic mass is 9.99. The van der Waals surface area contributed by atoms with Gasteiger partial charge in [0.25, 0.3) is 5.91 Å². The molecule has 19 heavy (non-hydrogen) atoms. The summed E-state index contributed by atoms with van der Waals surface area (Å²) in [6.45, 7) is 5.68. The molecule has 0 aromatic carbocycles. The van der Waals surface area contributed by atoms with Crippen LogP contribution in [-0.2, 0) is 5.54 Å². The van der Waals surface area contributed by atoms with E-state index in [2.05, 4.69) is 15.3 Å². The van der Waals surface area contributed by atoms with Crippen LogP contribution in [0.3, 0.4) is 0 Å². The molecule has 0 saturated heterocycles. The van der Waals surface area contributed by atoms with Crippen molar-refractivity contribution in [3.05, 3.63) is 59.7 Å². The van der Waals surface area contributed by atoms with Crippen LogP contribution in [-0.4, -0.2) is 15.9 Å². The number of nitrogens with one attached hydrogen (secondary N) is 1. The van der Waals surface area contributed by atoms with Crippen molar-refractivity contribution in [2.45, 2.75) is 26.3 Å². The van der Waals surface area contributed by atoms with Crippen LogP contribution in [0.5, 0.6) is 0 Å². The fourth-order valence-corrected chi connectivity index (χ4v) is 1.87. The third kappa shape index (κ3) is 2.96. The lowest BCUT2D eigenvalue weighted by Gasteiger charge is -2.25. The van der Waals surface area contributed by atoms with E-state index in [-0.39, 0.29) is 5.91 Å². The molecule has 0 aliphatic rings. The van der Waals surface area contributed by atoms with Gasteiger partial charge in [-0.25, -0.2) is 0 Å². The molecule has 2 heterocycles. The summed E-state index contributed by atoms with van der Waals surface area (Å²) in [5.74, 6) is -0.138. The lowest BCUT2D eigenvalue weighted by Crippen LogP contribution is -2.41. The number of amides is 1. The highest BCUT2D eigenvalue weighted by Crippen LogP contribution is 2.18. The van der Waals surface area contributed by atoms with Gasteiger partial charge in [-0.1, -0.05) is 6.07 Å². The molecule has 2 aromatic heterocycles. The first-order valence-corrected chi connectivity index (χ1v) is 6.16. The maximum atomic E-state index is 12.3. The highest BCUT2D eigenvalue weighted by molar-refractivity contribution is 5.95. The number of hydrogen-bond acceptors (Lipinski definition) is 3. The van der Waals surface area contributed by atoms with Crippen LogP contribution in [0, 0.1) is 6.92 Å². The van der Waals surface area contributed by atoms with E-state index in [4.69, 9.17) is 0 Å². The SMILES string of the molecule is Cc1ncccc1C(=O)NC(C)(C)c1ccccn1. The second kappa shape index (κ2) is 5.18. The van der Waals surface area contributed by atoms with Crippen molar-refractivity contribution in [3.63, 3.8) is 0 Å². The Balaban J connectivity index is 2.22. The first-order valence-electron chi connectivity index (χ1n) is 6.16. The van der Waals surface area contributed by atoms with E-state index in [1.54, 1.807) is 24.5 Å². The maximum Gasteiger partial charge on any atom is 0.253 e. The monoisotopic (exact) mass is 255 g/mol. The molecule has 0 radical (unpaired) electrons. The van der Waals surface area contributed by atoms with Gasteiger partial charge in [0, 0.05) is 18.1 Å². The summed E-state index contributed by atoms with van der Waals surface area (Å²) in [4.78, 5) is 20.7. The van der Waals surface area contributed by atoms with Crippen LogP contribution in [0.1, 0.15) is 35.6 Å². The molecule has 0 aliphatic carbocycles. The number of hydrogen-bond donors (Lipinski definition) is 1. The molecular weight excluding hydrogens is 238 g/mol. The molecule has 2 aromatic rings. The van der Waals surface area contributed by atoms with Crippen LogP contribution >= 0.6 is 0 Å². The second-order valence-corrected chi connectivity index (χ2v) is 4.93. The molecule has 0 unspecified atom stereocenters. The highest BCUT2D eigenvalue weighted by Gasteiger charge is 2.25. The Morgan fingerprint density at radius 2 is 1.84 bits per heavy atom. The van der Waals surface area contributed by atoms with Gasteiger partial charge in [0.05, 0.1) is 16.8 Å². The summed E-state index contributed by atoms with van der Waals surface area (Å²) in [5.41, 5.74) is 1.61. The van der Waals surface area contributed by atoms with Gasteiger partial charge >= 0.3 is 0 Å². The van der Waals surface area contributed by atoms with Crippen molar-refractivity contribution < 1.29 is 4.79 Å². The maximum absolute atomic E-state index is 12.3. The largest absolute Gasteiger partial charge is 0.341 e. The zero-order chi connectivity index (χ0) is 13.9. The van der Waals surface area contributed by atoms with Crippen molar-refractivity contribution in [1.29, 1.82) is 0 Å². The minimum atomic E-state index is -0.527. The summed E-state index contributed by atoms with van der Waals surface area (Å²) < 4.78 is 0. The highest BCUT2D eigenvalue weighted by atomic mass is 16.1. The van der Waals surface area contributed by atoms with E-state index >= 15 is 0 Å². The number of pyridine rings is 2. The van der Waals surface area contributed by atoms with Gasteiger partial charge in [-0.2, -0.15) is 0 Å². The normalized spacial score (nSPS) is 11.1. The smallest absolute Gasteiger partial charge is 0.253 e. The predicted octanol–water partition coefficient (Wildman–Crippen LogP) is 2.45. The Kier molecular flexibility index (Phi) is 3.60. The summed E-state index contributed by atoms with van der Waals surface area (Å²) in [5, 5.41) is 2.99. The molecule has 0 aliphatic heterocycles. The lowest BCUT2D eigenvalue weighted by molar-refractivity contribution is 0.0909. The molecule has 0 spiro atoms. The quantitative estimate of drug-likeness (QED) is 0.916. The molecule has 0 atom stereocenters. The molecule has 0 bridgehead atoms. The molecule has 1 amide bonds. The van der Waals surface area contributed by atoms with E-state index in [9.17, 15) is 4.79 Å². The predicted molar refractivity (Wildman–Crippen MR) is 73.7 cm³/mol. The molecule has 98 valence electrons. The van der Waals surface area contributed by atoms with Gasteiger partial charge in [-0.05, 0) is 45.0 Å². The number of aromatic nitrogens is 2. The first-order chi connectivity index (χ1) is 9.00. The van der Waals surface area contributed by atoms with Crippen LogP contribution < -0.4 is 5.32 Å². The standard InChI is InChI=1S/C15H17N3O/c1-11-12(7-6-10-16-11)14(19)18-15(2,3)13-8-4-5-9-17-13/h4-10H,1-3H3,(H,18,19). The van der Waals surface area contributed by atoms with Crippen LogP contribution in [0.4, 0.5) is 0 Å². The van der Waals surface area contributed by atoms with E-state index in [1.807, 2.05) is 39.0 Å². The number of carbonyl (C=O) groups is 1. The average molecular weight is 255 g/mol. The zero-order valence-corrected chi connectivity index (χ0v) is 11.3. The minimum absolute atomic E-state index is 0.138. The van der Waals surface area contributed by atoms with Crippen molar-refractivity contribution in [1.82, 2.24) is 15.3 Å². The van der Waals surface area contributed by atoms with Crippen molar-refractivity contribution in [2.75, 3.05) is 0 Å². The molecular formula is C15H17N3O. The summed E-state index contributed by atoms with van der Waals surface area (Å²) in [6, 6.07) is 9.19. The van der Waals surface area contributed by atoms with E-state index in [0.29, 0.717) is 5.56 Å². The van der Waals surface area contributed by atoms with Gasteiger partial charge < -0.3 is 5.32 Å². The molecule has 0 fully saturated rings. The van der Waals surface area contributed by atoms with Gasteiger partial charge in [0.1, 0.15) is 0 Å². The van der Waals surface area contributed by atoms with Gasteiger partial charge in [-0.15, -0.1) is 0 Å². The van der Waals surface area contributed by atoms with Crippen molar-refractivity contribution in [3.8, 4) is 0 Å². The Morgan fingerprint density at radius 3 is 2.47 bits per heavy atom. The molecule has 1 N–H and O–H groups in total. The molecule has 4 nitrogen and oxygen atoms in total. The third-order valence-corrected chi connectivity index (χ3v) is 2.98. The van der Waals surface area contributed by atoms with E-state index in [1.165, 1.54) is 0 Å². The Bertz CT molecular complexity index is 579. The van der Waals surface area contributed by atoms with Crippen molar-refractivity contribution in [2.24, 2.45) is 0 Å². The van der Waals surface area contributed by atoms with Gasteiger partial charge in [0.15, 0.2) is 0 Å². The van der Waals surface area contributed by atoms with Crippen LogP contribution in [0.2, 0.25) is 0 Å². The van der Waals surface area contributed by atoms with Crippen LogP contribution in [0.15, 0.2) is 42.7 Å².